The quantitative estimate of drug-likeness (QED) is 0.872. The highest BCUT2D eigenvalue weighted by Crippen LogP contribution is 2.22. The summed E-state index contributed by atoms with van der Waals surface area (Å²) < 4.78 is 0. The molecule has 1 rings (SSSR count). The smallest absolute Gasteiger partial charge is 0.321 e. The Morgan fingerprint density at radius 2 is 1.85 bits per heavy atom. The fraction of sp³-hybridized carbons (Fsp3) is 0.385. The minimum atomic E-state index is -0.943. The Hall–Kier alpha value is -1.46. The van der Waals surface area contributed by atoms with Gasteiger partial charge in [-0.05, 0) is 25.1 Å². The van der Waals surface area contributed by atoms with Crippen LogP contribution in [0.15, 0.2) is 18.2 Å². The van der Waals surface area contributed by atoms with Crippen LogP contribution in [0.1, 0.15) is 13.8 Å². The summed E-state index contributed by atoms with van der Waals surface area (Å²) >= 11 is 11.7. The number of anilines is 1. The topological polar surface area (TPSA) is 69.6 Å². The maximum atomic E-state index is 12.1. The summed E-state index contributed by atoms with van der Waals surface area (Å²) in [5.41, 5.74) is 0.467. The highest BCUT2D eigenvalue weighted by atomic mass is 35.5. The molecule has 2 amide bonds. The second-order valence-corrected chi connectivity index (χ2v) is 5.24. The molecule has 0 aliphatic heterocycles. The number of carbonyl (C=O) groups excluding carboxylic acids is 1. The summed E-state index contributed by atoms with van der Waals surface area (Å²) in [6.07, 6.45) is 0. The third-order valence-electron chi connectivity index (χ3n) is 2.70. The van der Waals surface area contributed by atoms with Gasteiger partial charge in [-0.2, -0.15) is 0 Å². The van der Waals surface area contributed by atoms with Crippen molar-refractivity contribution in [2.75, 3.05) is 18.4 Å². The molecule has 0 radical (unpaired) electrons. The van der Waals surface area contributed by atoms with Crippen LogP contribution >= 0.6 is 23.2 Å². The molecule has 0 aromatic heterocycles. The number of hydrogen-bond acceptors (Lipinski definition) is 2. The first-order chi connectivity index (χ1) is 9.33. The number of rotatable bonds is 5. The van der Waals surface area contributed by atoms with Crippen LogP contribution in [0.5, 0.6) is 0 Å². The molecular weight excluding hydrogens is 303 g/mol. The van der Waals surface area contributed by atoms with E-state index >= 15 is 0 Å². The summed E-state index contributed by atoms with van der Waals surface area (Å²) in [5.74, 6) is -1.58. The Labute approximate surface area is 127 Å². The van der Waals surface area contributed by atoms with Crippen LogP contribution in [-0.2, 0) is 4.79 Å². The standard InChI is InChI=1S/C13H16Cl2N2O3/c1-3-17(7-8(2)12(18)19)13(20)16-11-5-9(14)4-10(15)6-11/h4-6,8H,3,7H2,1-2H3,(H,16,20)(H,18,19). The number of benzene rings is 1. The molecule has 110 valence electrons. The molecule has 2 N–H and O–H groups in total. The number of amides is 2. The SMILES string of the molecule is CCN(CC(C)C(=O)O)C(=O)Nc1cc(Cl)cc(Cl)c1. The van der Waals surface area contributed by atoms with E-state index in [1.165, 1.54) is 4.90 Å². The van der Waals surface area contributed by atoms with Crippen molar-refractivity contribution in [2.24, 2.45) is 5.92 Å². The van der Waals surface area contributed by atoms with Crippen LogP contribution in [-0.4, -0.2) is 35.1 Å². The molecule has 7 heteroatoms. The number of urea groups is 1. The summed E-state index contributed by atoms with van der Waals surface area (Å²) in [5, 5.41) is 12.3. The van der Waals surface area contributed by atoms with Gasteiger partial charge in [-0.3, -0.25) is 4.79 Å². The number of nitrogens with one attached hydrogen (secondary N) is 1. The van der Waals surface area contributed by atoms with Gasteiger partial charge in [-0.25, -0.2) is 4.79 Å². The second kappa shape index (κ2) is 7.36. The van der Waals surface area contributed by atoms with Gasteiger partial charge in [0.2, 0.25) is 0 Å². The summed E-state index contributed by atoms with van der Waals surface area (Å²) in [7, 11) is 0. The van der Waals surface area contributed by atoms with Crippen LogP contribution in [0.2, 0.25) is 10.0 Å². The maximum absolute atomic E-state index is 12.1. The minimum absolute atomic E-state index is 0.131. The van der Waals surface area contributed by atoms with E-state index in [-0.39, 0.29) is 12.6 Å². The lowest BCUT2D eigenvalue weighted by Gasteiger charge is -2.23. The predicted molar refractivity (Wildman–Crippen MR) is 79.5 cm³/mol. The molecule has 0 heterocycles. The Morgan fingerprint density at radius 3 is 2.30 bits per heavy atom. The summed E-state index contributed by atoms with van der Waals surface area (Å²) in [4.78, 5) is 24.3. The van der Waals surface area contributed by atoms with Crippen molar-refractivity contribution >= 4 is 40.9 Å². The van der Waals surface area contributed by atoms with Crippen LogP contribution in [0.3, 0.4) is 0 Å². The van der Waals surface area contributed by atoms with Crippen LogP contribution in [0.4, 0.5) is 10.5 Å². The molecule has 0 saturated carbocycles. The number of hydrogen-bond donors (Lipinski definition) is 2. The second-order valence-electron chi connectivity index (χ2n) is 4.37. The van der Waals surface area contributed by atoms with Crippen LogP contribution in [0.25, 0.3) is 0 Å². The normalized spacial score (nSPS) is 11.8. The molecule has 0 saturated heterocycles. The fourth-order valence-corrected chi connectivity index (χ4v) is 2.12. The minimum Gasteiger partial charge on any atom is -0.481 e. The van der Waals surface area contributed by atoms with Gasteiger partial charge in [0.25, 0.3) is 0 Å². The van der Waals surface area contributed by atoms with Crippen molar-refractivity contribution in [1.82, 2.24) is 4.90 Å². The monoisotopic (exact) mass is 318 g/mol. The molecule has 0 aliphatic rings. The largest absolute Gasteiger partial charge is 0.481 e. The molecule has 1 atom stereocenters. The molecule has 0 spiro atoms. The lowest BCUT2D eigenvalue weighted by atomic mass is 10.2. The Kier molecular flexibility index (Phi) is 6.10. The number of aliphatic carboxylic acids is 1. The van der Waals surface area contributed by atoms with E-state index in [1.54, 1.807) is 32.0 Å². The summed E-state index contributed by atoms with van der Waals surface area (Å²) in [6.45, 7) is 3.86. The molecule has 0 aliphatic carbocycles. The lowest BCUT2D eigenvalue weighted by Crippen LogP contribution is -2.39. The van der Waals surface area contributed by atoms with E-state index in [2.05, 4.69) is 5.32 Å². The number of carboxylic acids is 1. The number of halogens is 2. The van der Waals surface area contributed by atoms with Crippen LogP contribution in [0, 0.1) is 5.92 Å². The molecule has 5 nitrogen and oxygen atoms in total. The highest BCUT2D eigenvalue weighted by molar-refractivity contribution is 6.35. The van der Waals surface area contributed by atoms with Crippen LogP contribution < -0.4 is 5.32 Å². The molecular formula is C13H16Cl2N2O3. The zero-order valence-corrected chi connectivity index (χ0v) is 12.7. The first-order valence-electron chi connectivity index (χ1n) is 6.08. The lowest BCUT2D eigenvalue weighted by molar-refractivity contribution is -0.141. The van der Waals surface area contributed by atoms with Gasteiger partial charge in [0.1, 0.15) is 0 Å². The van der Waals surface area contributed by atoms with Gasteiger partial charge in [-0.1, -0.05) is 30.1 Å². The molecule has 1 aromatic carbocycles. The predicted octanol–water partition coefficient (Wildman–Crippen LogP) is 3.57. The number of carbonyl (C=O) groups is 2. The summed E-state index contributed by atoms with van der Waals surface area (Å²) in [6, 6.07) is 4.31. The van der Waals surface area contributed by atoms with E-state index in [0.717, 1.165) is 0 Å². The Morgan fingerprint density at radius 1 is 1.30 bits per heavy atom. The Balaban J connectivity index is 2.74. The van der Waals surface area contributed by atoms with Crippen molar-refractivity contribution < 1.29 is 14.7 Å². The highest BCUT2D eigenvalue weighted by Gasteiger charge is 2.19. The van der Waals surface area contributed by atoms with E-state index in [0.29, 0.717) is 22.3 Å². The first kappa shape index (κ1) is 16.6. The fourth-order valence-electron chi connectivity index (χ4n) is 1.59. The molecule has 20 heavy (non-hydrogen) atoms. The van der Waals surface area contributed by atoms with Gasteiger partial charge in [0.05, 0.1) is 5.92 Å². The zero-order chi connectivity index (χ0) is 15.3. The number of nitrogens with zero attached hydrogens (tertiary/aromatic N) is 1. The third-order valence-corrected chi connectivity index (χ3v) is 3.14. The maximum Gasteiger partial charge on any atom is 0.321 e. The number of carboxylic acid groups (broad SMARTS) is 1. The van der Waals surface area contributed by atoms with E-state index < -0.39 is 11.9 Å². The van der Waals surface area contributed by atoms with Gasteiger partial charge in [-0.15, -0.1) is 0 Å². The van der Waals surface area contributed by atoms with E-state index in [1.807, 2.05) is 0 Å². The van der Waals surface area contributed by atoms with Gasteiger partial charge < -0.3 is 15.3 Å². The van der Waals surface area contributed by atoms with E-state index in [4.69, 9.17) is 28.3 Å². The van der Waals surface area contributed by atoms with E-state index in [9.17, 15) is 9.59 Å². The third kappa shape index (κ3) is 4.90. The van der Waals surface area contributed by atoms with Gasteiger partial charge >= 0.3 is 12.0 Å². The van der Waals surface area contributed by atoms with Crippen molar-refractivity contribution in [3.05, 3.63) is 28.2 Å². The van der Waals surface area contributed by atoms with Crippen molar-refractivity contribution in [2.45, 2.75) is 13.8 Å². The average molecular weight is 319 g/mol. The molecule has 1 unspecified atom stereocenters. The zero-order valence-electron chi connectivity index (χ0n) is 11.2. The average Bonchev–Trinajstić information content (AvgIpc) is 2.33. The van der Waals surface area contributed by atoms with Crippen molar-refractivity contribution in [3.63, 3.8) is 0 Å². The first-order valence-corrected chi connectivity index (χ1v) is 6.84. The Bertz CT molecular complexity index is 488. The van der Waals surface area contributed by atoms with Crippen molar-refractivity contribution in [3.8, 4) is 0 Å². The molecule has 0 fully saturated rings. The molecule has 0 bridgehead atoms. The van der Waals surface area contributed by atoms with Crippen molar-refractivity contribution in [1.29, 1.82) is 0 Å². The van der Waals surface area contributed by atoms with Gasteiger partial charge in [0.15, 0.2) is 0 Å². The molecule has 1 aromatic rings. The van der Waals surface area contributed by atoms with Gasteiger partial charge in [0, 0.05) is 28.8 Å².